The number of carboxylic acid groups (broad SMARTS) is 3. The molecule has 30 nitrogen and oxygen atoms in total. The third-order valence-corrected chi connectivity index (χ3v) is 10.1. The lowest BCUT2D eigenvalue weighted by Crippen LogP contribution is -2.62. The summed E-state index contributed by atoms with van der Waals surface area (Å²) in [6.45, 7) is 8.43. The number of aliphatic carboxylic acids is 3. The topological polar surface area (TPSA) is 505 Å². The minimum atomic E-state index is -1.98. The first-order chi connectivity index (χ1) is 32.5. The van der Waals surface area contributed by atoms with E-state index in [-0.39, 0.29) is 31.8 Å². The van der Waals surface area contributed by atoms with E-state index in [1.807, 2.05) is 5.32 Å². The third kappa shape index (κ3) is 23.2. The molecular weight excluding hydrogens is 935 g/mol. The Kier molecular flexibility index (Phi) is 27.8. The molecule has 0 aromatic carbocycles. The number of guanidine groups is 1. The molecule has 11 atom stereocenters. The van der Waals surface area contributed by atoms with E-state index < -0.39 is 169 Å². The zero-order valence-corrected chi connectivity index (χ0v) is 39.9. The molecule has 0 aliphatic carbocycles. The summed E-state index contributed by atoms with van der Waals surface area (Å²) >= 11 is 0. The van der Waals surface area contributed by atoms with E-state index in [4.69, 9.17) is 22.3 Å². The summed E-state index contributed by atoms with van der Waals surface area (Å²) in [5.41, 5.74) is 16.1. The minimum absolute atomic E-state index is 0.00451. The van der Waals surface area contributed by atoms with Crippen LogP contribution in [-0.4, -0.2) is 183 Å². The van der Waals surface area contributed by atoms with E-state index >= 15 is 0 Å². The molecule has 9 amide bonds. The molecule has 0 aromatic rings. The largest absolute Gasteiger partial charge is 0.481 e. The van der Waals surface area contributed by atoms with Crippen molar-refractivity contribution in [3.63, 3.8) is 0 Å². The van der Waals surface area contributed by atoms with Crippen LogP contribution in [0.3, 0.4) is 0 Å². The van der Waals surface area contributed by atoms with Gasteiger partial charge in [-0.1, -0.05) is 34.1 Å². The van der Waals surface area contributed by atoms with Crippen LogP contribution >= 0.6 is 0 Å². The van der Waals surface area contributed by atoms with Crippen LogP contribution in [0.4, 0.5) is 0 Å². The van der Waals surface area contributed by atoms with Gasteiger partial charge in [-0.3, -0.25) is 57.7 Å². The van der Waals surface area contributed by atoms with Gasteiger partial charge in [-0.2, -0.15) is 0 Å². The number of carbonyl (C=O) groups is 12. The standard InChI is InChI=1S/C40H69N13O17/c1-8-17(4)29(36(66)48-22(12-26(58)59)34(64)49-23(39(69)70)13-27(60)61)52-32(62)18(5)46-25(57)15-45-33(63)21(10-9-11-44-40(42)43)47-35(65)28(16(2)3)51-38(68)31(20(7)55)53-37(67)30(19(6)54)50-24(56)14-41/h16-23,28-31,54-55H,8-15,41H2,1-7H3,(H,45,63)(H,46,57)(H,47,65)(H,48,66)(H,49,64)(H,50,56)(H,51,68)(H,52,62)(H,53,67)(H,58,59)(H,60,61)(H,69,70)(H4,42,43,44)/t17-,18-,19+,20+,21-,22-,23-,28-,29-,30-,31-/m0/s1. The molecule has 0 aromatic heterocycles. The summed E-state index contributed by atoms with van der Waals surface area (Å²) in [6, 6.07) is -12.9. The highest BCUT2D eigenvalue weighted by Crippen LogP contribution is 2.11. The maximum Gasteiger partial charge on any atom is 0.326 e. The zero-order chi connectivity index (χ0) is 54.2. The SMILES string of the molecule is CC[C@H](C)[C@H](NC(=O)[C@H](C)NC(=O)CNC(=O)[C@H](CCCN=C(N)N)NC(=O)[C@@H](NC(=O)[C@@H](NC(=O)[C@@H](NC(=O)CN)[C@@H](C)O)[C@@H](C)O)C(C)C)C(=O)N[C@@H](CC(=O)O)C(=O)N[C@@H](CC(=O)O)C(=O)O. The van der Waals surface area contributed by atoms with Gasteiger partial charge in [-0.25, -0.2) is 4.79 Å². The van der Waals surface area contributed by atoms with Crippen molar-refractivity contribution in [3.8, 4) is 0 Å². The molecule has 0 radical (unpaired) electrons. The lowest BCUT2D eigenvalue weighted by atomic mass is 9.97. The summed E-state index contributed by atoms with van der Waals surface area (Å²) in [4.78, 5) is 156. The predicted octanol–water partition coefficient (Wildman–Crippen LogP) is -7.49. The number of amides is 9. The number of nitrogens with zero attached hydrogens (tertiary/aromatic N) is 1. The number of nitrogens with two attached hydrogens (primary N) is 3. The monoisotopic (exact) mass is 1000 g/mol. The van der Waals surface area contributed by atoms with E-state index in [2.05, 4.69) is 47.5 Å². The van der Waals surface area contributed by atoms with Gasteiger partial charge in [0.05, 0.1) is 38.1 Å². The van der Waals surface area contributed by atoms with Gasteiger partial charge in [0.15, 0.2) is 5.96 Å². The maximum atomic E-state index is 13.7. The van der Waals surface area contributed by atoms with Gasteiger partial charge in [0, 0.05) is 6.54 Å². The van der Waals surface area contributed by atoms with Crippen molar-refractivity contribution >= 4 is 77.0 Å². The molecular formula is C40H69N13O17. The average molecular weight is 1000 g/mol. The molecule has 0 aliphatic rings. The molecule has 0 unspecified atom stereocenters. The van der Waals surface area contributed by atoms with Gasteiger partial charge >= 0.3 is 17.9 Å². The molecule has 0 spiro atoms. The van der Waals surface area contributed by atoms with Crippen LogP contribution in [0.25, 0.3) is 0 Å². The first-order valence-electron chi connectivity index (χ1n) is 21.9. The first kappa shape index (κ1) is 62.8. The van der Waals surface area contributed by atoms with Crippen LogP contribution in [0.1, 0.15) is 80.6 Å². The van der Waals surface area contributed by atoms with Gasteiger partial charge in [-0.05, 0) is 45.4 Å². The van der Waals surface area contributed by atoms with E-state index in [1.54, 1.807) is 6.92 Å². The van der Waals surface area contributed by atoms with Crippen molar-refractivity contribution < 1.29 is 83.1 Å². The molecule has 0 saturated carbocycles. The summed E-state index contributed by atoms with van der Waals surface area (Å²) in [5.74, 6) is -15.7. The van der Waals surface area contributed by atoms with E-state index in [1.165, 1.54) is 34.6 Å². The molecule has 70 heavy (non-hydrogen) atoms. The van der Waals surface area contributed by atoms with Gasteiger partial charge in [0.1, 0.15) is 48.3 Å². The fourth-order valence-corrected chi connectivity index (χ4v) is 6.02. The number of aliphatic hydroxyl groups excluding tert-OH is 2. The Hall–Kier alpha value is -7.21. The highest BCUT2D eigenvalue weighted by Gasteiger charge is 2.37. The molecule has 0 bridgehead atoms. The Labute approximate surface area is 402 Å². The van der Waals surface area contributed by atoms with Crippen molar-refractivity contribution in [2.45, 2.75) is 141 Å². The van der Waals surface area contributed by atoms with E-state index in [0.717, 1.165) is 6.92 Å². The third-order valence-electron chi connectivity index (χ3n) is 10.1. The van der Waals surface area contributed by atoms with Crippen LogP contribution in [-0.2, 0) is 57.5 Å². The van der Waals surface area contributed by atoms with Crippen LogP contribution in [0.15, 0.2) is 4.99 Å². The number of rotatable bonds is 32. The van der Waals surface area contributed by atoms with Crippen LogP contribution in [0.2, 0.25) is 0 Å². The number of carboxylic acids is 3. The summed E-state index contributed by atoms with van der Waals surface area (Å²) in [7, 11) is 0. The lowest BCUT2D eigenvalue weighted by Gasteiger charge is -2.29. The average Bonchev–Trinajstić information content (AvgIpc) is 3.26. The Morgan fingerprint density at radius 3 is 1.46 bits per heavy atom. The van der Waals surface area contributed by atoms with Crippen molar-refractivity contribution in [2.24, 2.45) is 34.0 Å². The number of hydrogen-bond donors (Lipinski definition) is 17. The smallest absolute Gasteiger partial charge is 0.326 e. The highest BCUT2D eigenvalue weighted by molar-refractivity contribution is 5.98. The lowest BCUT2D eigenvalue weighted by molar-refractivity contribution is -0.148. The van der Waals surface area contributed by atoms with Gasteiger partial charge in [0.2, 0.25) is 53.2 Å². The van der Waals surface area contributed by atoms with Crippen molar-refractivity contribution in [1.29, 1.82) is 0 Å². The van der Waals surface area contributed by atoms with Gasteiger partial charge in [0.25, 0.3) is 0 Å². The van der Waals surface area contributed by atoms with Crippen LogP contribution in [0.5, 0.6) is 0 Å². The molecule has 0 rings (SSSR count). The molecule has 396 valence electrons. The van der Waals surface area contributed by atoms with Crippen molar-refractivity contribution in [2.75, 3.05) is 19.6 Å². The molecule has 30 heteroatoms. The summed E-state index contributed by atoms with van der Waals surface area (Å²) in [5, 5.41) is 68.4. The predicted molar refractivity (Wildman–Crippen MR) is 243 cm³/mol. The molecule has 20 N–H and O–H groups in total. The summed E-state index contributed by atoms with van der Waals surface area (Å²) in [6.07, 6.45) is -4.97. The van der Waals surface area contributed by atoms with Crippen molar-refractivity contribution in [1.82, 2.24) is 47.9 Å². The number of carbonyl (C=O) groups excluding carboxylic acids is 9. The number of aliphatic imine (C=N–C) groups is 1. The van der Waals surface area contributed by atoms with Gasteiger partial charge in [-0.15, -0.1) is 0 Å². The fraction of sp³-hybridized carbons (Fsp3) is 0.675. The second-order valence-corrected chi connectivity index (χ2v) is 16.5. The molecule has 0 aliphatic heterocycles. The molecule has 0 fully saturated rings. The molecule has 0 heterocycles. The van der Waals surface area contributed by atoms with E-state index in [0.29, 0.717) is 0 Å². The number of nitrogens with one attached hydrogen (secondary N) is 9. The Morgan fingerprint density at radius 2 is 0.986 bits per heavy atom. The van der Waals surface area contributed by atoms with E-state index in [9.17, 15) is 78.0 Å². The normalized spacial score (nSPS) is 15.6. The Morgan fingerprint density at radius 1 is 0.529 bits per heavy atom. The maximum absolute atomic E-state index is 13.7. The Bertz CT molecular complexity index is 1910. The second kappa shape index (κ2) is 31.0. The van der Waals surface area contributed by atoms with Crippen LogP contribution in [0, 0.1) is 11.8 Å². The number of hydrogen-bond acceptors (Lipinski definition) is 16. The number of aliphatic hydroxyl groups is 2. The summed E-state index contributed by atoms with van der Waals surface area (Å²) < 4.78 is 0. The minimum Gasteiger partial charge on any atom is -0.481 e. The first-order valence-corrected chi connectivity index (χ1v) is 21.9. The fourth-order valence-electron chi connectivity index (χ4n) is 6.02. The zero-order valence-electron chi connectivity index (χ0n) is 39.9. The van der Waals surface area contributed by atoms with Crippen molar-refractivity contribution in [3.05, 3.63) is 0 Å². The molecule has 0 saturated heterocycles. The second-order valence-electron chi connectivity index (χ2n) is 16.5. The quantitative estimate of drug-likeness (QED) is 0.0169. The Balaban J connectivity index is 6.11. The highest BCUT2D eigenvalue weighted by atomic mass is 16.4. The van der Waals surface area contributed by atoms with Gasteiger partial charge < -0.3 is 90.6 Å². The van der Waals surface area contributed by atoms with Crippen LogP contribution < -0.4 is 65.1 Å².